The predicted molar refractivity (Wildman–Crippen MR) is 92.3 cm³/mol. The molecule has 0 fully saturated rings. The first-order valence-electron chi connectivity index (χ1n) is 6.87. The van der Waals surface area contributed by atoms with Gasteiger partial charge in [-0.1, -0.05) is 37.6 Å². The lowest BCUT2D eigenvalue weighted by Crippen LogP contribution is -2.11. The van der Waals surface area contributed by atoms with Gasteiger partial charge in [-0.05, 0) is 64.2 Å². The molecule has 2 aromatic rings. The van der Waals surface area contributed by atoms with Crippen molar-refractivity contribution < 1.29 is 4.79 Å². The van der Waals surface area contributed by atoms with Crippen molar-refractivity contribution in [2.24, 2.45) is 0 Å². The van der Waals surface area contributed by atoms with Gasteiger partial charge < -0.3 is 5.32 Å². The van der Waals surface area contributed by atoms with Gasteiger partial charge in [-0.25, -0.2) is 0 Å². The van der Waals surface area contributed by atoms with E-state index in [1.54, 1.807) is 18.2 Å². The highest BCUT2D eigenvalue weighted by molar-refractivity contribution is 9.10. The van der Waals surface area contributed by atoms with E-state index in [-0.39, 0.29) is 5.91 Å². The minimum Gasteiger partial charge on any atom is -0.322 e. The average Bonchev–Trinajstić information content (AvgIpc) is 2.50. The van der Waals surface area contributed by atoms with Gasteiger partial charge in [-0.3, -0.25) is 4.79 Å². The van der Waals surface area contributed by atoms with Crippen LogP contribution in [0.25, 0.3) is 0 Å². The van der Waals surface area contributed by atoms with Crippen LogP contribution in [-0.4, -0.2) is 5.91 Å². The van der Waals surface area contributed by atoms with Crippen LogP contribution < -0.4 is 5.32 Å². The Bertz CT molecular complexity index is 640. The summed E-state index contributed by atoms with van der Waals surface area (Å²) in [6.07, 6.45) is 1.10. The Kier molecular flexibility index (Phi) is 5.43. The molecule has 110 valence electrons. The number of hydrogen-bond acceptors (Lipinski definition) is 1. The predicted octanol–water partition coefficient (Wildman–Crippen LogP) is 5.87. The van der Waals surface area contributed by atoms with Crippen LogP contribution in [0.2, 0.25) is 5.02 Å². The smallest absolute Gasteiger partial charge is 0.255 e. The van der Waals surface area contributed by atoms with E-state index in [1.165, 1.54) is 5.56 Å². The van der Waals surface area contributed by atoms with E-state index in [0.29, 0.717) is 16.5 Å². The van der Waals surface area contributed by atoms with Crippen molar-refractivity contribution in [2.45, 2.75) is 26.2 Å². The normalized spacial score (nSPS) is 12.0. The van der Waals surface area contributed by atoms with Crippen molar-refractivity contribution in [3.63, 3.8) is 0 Å². The van der Waals surface area contributed by atoms with Crippen molar-refractivity contribution >= 4 is 39.1 Å². The van der Waals surface area contributed by atoms with Crippen LogP contribution in [0.4, 0.5) is 5.69 Å². The molecule has 0 aliphatic rings. The Morgan fingerprint density at radius 3 is 2.48 bits per heavy atom. The molecule has 0 saturated carbocycles. The quantitative estimate of drug-likeness (QED) is 0.720. The molecule has 4 heteroatoms. The van der Waals surface area contributed by atoms with Crippen molar-refractivity contribution in [2.75, 3.05) is 5.32 Å². The van der Waals surface area contributed by atoms with Crippen molar-refractivity contribution in [3.05, 3.63) is 63.1 Å². The molecule has 0 heterocycles. The van der Waals surface area contributed by atoms with E-state index >= 15 is 0 Å². The fourth-order valence-electron chi connectivity index (χ4n) is 1.97. The fraction of sp³-hybridized carbons (Fsp3) is 0.235. The largest absolute Gasteiger partial charge is 0.322 e. The summed E-state index contributed by atoms with van der Waals surface area (Å²) in [6.45, 7) is 4.36. The summed E-state index contributed by atoms with van der Waals surface area (Å²) in [5.74, 6) is 0.362. The molecule has 0 aliphatic heterocycles. The lowest BCUT2D eigenvalue weighted by Gasteiger charge is -2.10. The van der Waals surface area contributed by atoms with Crippen LogP contribution >= 0.6 is 27.5 Å². The molecule has 1 N–H and O–H groups in total. The molecule has 2 aromatic carbocycles. The van der Waals surface area contributed by atoms with Gasteiger partial charge in [0, 0.05) is 15.7 Å². The first kappa shape index (κ1) is 16.1. The third-order valence-corrected chi connectivity index (χ3v) is 4.76. The van der Waals surface area contributed by atoms with Gasteiger partial charge in [0.1, 0.15) is 0 Å². The summed E-state index contributed by atoms with van der Waals surface area (Å²) in [5, 5.41) is 3.40. The summed E-state index contributed by atoms with van der Waals surface area (Å²) >= 11 is 9.32. The van der Waals surface area contributed by atoms with E-state index in [1.807, 2.05) is 12.1 Å². The molecule has 0 radical (unpaired) electrons. The van der Waals surface area contributed by atoms with E-state index in [9.17, 15) is 4.79 Å². The number of hydrogen-bond donors (Lipinski definition) is 1. The maximum Gasteiger partial charge on any atom is 0.255 e. The van der Waals surface area contributed by atoms with E-state index in [4.69, 9.17) is 11.6 Å². The first-order valence-corrected chi connectivity index (χ1v) is 8.04. The van der Waals surface area contributed by atoms with Crippen LogP contribution in [-0.2, 0) is 0 Å². The van der Waals surface area contributed by atoms with Crippen molar-refractivity contribution in [3.8, 4) is 0 Å². The molecule has 21 heavy (non-hydrogen) atoms. The van der Waals surface area contributed by atoms with Crippen molar-refractivity contribution in [1.29, 1.82) is 0 Å². The molecular weight excluding hydrogens is 350 g/mol. The zero-order valence-electron chi connectivity index (χ0n) is 12.0. The molecule has 0 spiro atoms. The molecule has 2 nitrogen and oxygen atoms in total. The van der Waals surface area contributed by atoms with Gasteiger partial charge in [0.25, 0.3) is 5.91 Å². The molecule has 2 rings (SSSR count). The third kappa shape index (κ3) is 4.08. The second-order valence-electron chi connectivity index (χ2n) is 5.01. The highest BCUT2D eigenvalue weighted by Gasteiger charge is 2.09. The lowest BCUT2D eigenvalue weighted by molar-refractivity contribution is 0.102. The Labute approximate surface area is 138 Å². The maximum atomic E-state index is 12.2. The highest BCUT2D eigenvalue weighted by atomic mass is 79.9. The van der Waals surface area contributed by atoms with Crippen LogP contribution in [0.5, 0.6) is 0 Å². The Hall–Kier alpha value is -1.32. The molecule has 0 saturated heterocycles. The number of carbonyl (C=O) groups excluding carboxylic acids is 1. The zero-order chi connectivity index (χ0) is 15.4. The number of amides is 1. The summed E-state index contributed by atoms with van der Waals surface area (Å²) < 4.78 is 0.777. The van der Waals surface area contributed by atoms with Crippen LogP contribution in [0, 0.1) is 0 Å². The van der Waals surface area contributed by atoms with E-state index < -0.39 is 0 Å². The number of rotatable bonds is 4. The zero-order valence-corrected chi connectivity index (χ0v) is 14.3. The third-order valence-electron chi connectivity index (χ3n) is 3.53. The Morgan fingerprint density at radius 1 is 1.24 bits per heavy atom. The number of carbonyl (C=O) groups is 1. The second kappa shape index (κ2) is 7.10. The molecule has 1 unspecified atom stereocenters. The summed E-state index contributed by atoms with van der Waals surface area (Å²) in [5.41, 5.74) is 2.60. The summed E-state index contributed by atoms with van der Waals surface area (Å²) in [6, 6.07) is 13.1. The lowest BCUT2D eigenvalue weighted by atomic mass is 9.98. The molecule has 0 aromatic heterocycles. The van der Waals surface area contributed by atoms with Gasteiger partial charge in [0.15, 0.2) is 0 Å². The molecule has 0 aliphatic carbocycles. The van der Waals surface area contributed by atoms with Gasteiger partial charge in [0.2, 0.25) is 0 Å². The molecule has 0 bridgehead atoms. The first-order chi connectivity index (χ1) is 10.0. The fourth-order valence-corrected chi connectivity index (χ4v) is 2.40. The number of halogens is 2. The summed E-state index contributed by atoms with van der Waals surface area (Å²) in [7, 11) is 0. The van der Waals surface area contributed by atoms with Gasteiger partial charge in [-0.15, -0.1) is 0 Å². The standard InChI is InChI=1S/C17H17BrClNO/c1-3-11(2)12-4-7-14(8-5-12)20-17(21)13-6-9-15(18)16(19)10-13/h4-11H,3H2,1-2H3,(H,20,21). The van der Waals surface area contributed by atoms with Crippen LogP contribution in [0.15, 0.2) is 46.9 Å². The molecule has 1 amide bonds. The average molecular weight is 367 g/mol. The highest BCUT2D eigenvalue weighted by Crippen LogP contribution is 2.24. The minimum atomic E-state index is -0.166. The topological polar surface area (TPSA) is 29.1 Å². The van der Waals surface area contributed by atoms with Gasteiger partial charge in [-0.2, -0.15) is 0 Å². The minimum absolute atomic E-state index is 0.166. The SMILES string of the molecule is CCC(C)c1ccc(NC(=O)c2ccc(Br)c(Cl)c2)cc1. The number of anilines is 1. The Morgan fingerprint density at radius 2 is 1.90 bits per heavy atom. The molecular formula is C17H17BrClNO. The number of benzene rings is 2. The van der Waals surface area contributed by atoms with Crippen LogP contribution in [0.3, 0.4) is 0 Å². The molecule has 1 atom stereocenters. The van der Waals surface area contributed by atoms with E-state index in [0.717, 1.165) is 16.6 Å². The van der Waals surface area contributed by atoms with Gasteiger partial charge >= 0.3 is 0 Å². The van der Waals surface area contributed by atoms with Crippen molar-refractivity contribution in [1.82, 2.24) is 0 Å². The Balaban J connectivity index is 2.10. The number of nitrogens with one attached hydrogen (secondary N) is 1. The monoisotopic (exact) mass is 365 g/mol. The van der Waals surface area contributed by atoms with Crippen LogP contribution in [0.1, 0.15) is 42.1 Å². The second-order valence-corrected chi connectivity index (χ2v) is 6.28. The maximum absolute atomic E-state index is 12.2. The van der Waals surface area contributed by atoms with E-state index in [2.05, 4.69) is 47.2 Å². The summed E-state index contributed by atoms with van der Waals surface area (Å²) in [4.78, 5) is 12.2. The van der Waals surface area contributed by atoms with Gasteiger partial charge in [0.05, 0.1) is 5.02 Å².